The van der Waals surface area contributed by atoms with Gasteiger partial charge < -0.3 is 9.72 Å². The number of H-pyrrole nitrogens is 1. The Morgan fingerprint density at radius 2 is 2.00 bits per heavy atom. The van der Waals surface area contributed by atoms with E-state index >= 15 is 0 Å². The van der Waals surface area contributed by atoms with Gasteiger partial charge in [0.15, 0.2) is 11.6 Å². The van der Waals surface area contributed by atoms with Crippen LogP contribution in [0.1, 0.15) is 17.3 Å². The molecular formula is C17H12ClF2NO2S. The van der Waals surface area contributed by atoms with E-state index < -0.39 is 17.6 Å². The number of rotatable bonds is 4. The Morgan fingerprint density at radius 1 is 1.21 bits per heavy atom. The van der Waals surface area contributed by atoms with Crippen molar-refractivity contribution in [3.63, 3.8) is 0 Å². The lowest BCUT2D eigenvalue weighted by molar-refractivity contribution is 0.0520. The first-order chi connectivity index (χ1) is 11.5. The summed E-state index contributed by atoms with van der Waals surface area (Å²) in [6.07, 6.45) is 1.57. The van der Waals surface area contributed by atoms with Crippen LogP contribution in [0.25, 0.3) is 10.9 Å². The number of hydrogen-bond acceptors (Lipinski definition) is 3. The van der Waals surface area contributed by atoms with Gasteiger partial charge in [0.05, 0.1) is 22.7 Å². The Morgan fingerprint density at radius 3 is 2.75 bits per heavy atom. The molecule has 0 fully saturated rings. The van der Waals surface area contributed by atoms with Crippen LogP contribution in [-0.2, 0) is 4.74 Å². The number of fused-ring (bicyclic) bond motifs is 1. The number of aromatic amines is 1. The molecule has 0 saturated carbocycles. The van der Waals surface area contributed by atoms with Crippen LogP contribution in [0.4, 0.5) is 8.78 Å². The van der Waals surface area contributed by atoms with Crippen LogP contribution in [0.2, 0.25) is 5.02 Å². The van der Waals surface area contributed by atoms with Gasteiger partial charge in [0.1, 0.15) is 0 Å². The number of nitrogens with one attached hydrogen (secondary N) is 1. The summed E-state index contributed by atoms with van der Waals surface area (Å²) < 4.78 is 33.4. The molecule has 0 atom stereocenters. The summed E-state index contributed by atoms with van der Waals surface area (Å²) in [6, 6.07) is 7.60. The summed E-state index contributed by atoms with van der Waals surface area (Å²) in [4.78, 5) is 15.4. The molecule has 0 bridgehead atoms. The molecule has 2 aromatic carbocycles. The van der Waals surface area contributed by atoms with Crippen LogP contribution < -0.4 is 0 Å². The van der Waals surface area contributed by atoms with Crippen LogP contribution >= 0.6 is 23.4 Å². The molecule has 24 heavy (non-hydrogen) atoms. The van der Waals surface area contributed by atoms with Crippen molar-refractivity contribution < 1.29 is 18.3 Å². The summed E-state index contributed by atoms with van der Waals surface area (Å²) in [5.41, 5.74) is 0.128. The average molecular weight is 368 g/mol. The van der Waals surface area contributed by atoms with E-state index in [2.05, 4.69) is 4.98 Å². The van der Waals surface area contributed by atoms with Crippen LogP contribution in [0, 0.1) is 11.6 Å². The lowest BCUT2D eigenvalue weighted by Gasteiger charge is -2.07. The number of carbonyl (C=O) groups is 1. The number of hydrogen-bond donors (Lipinski definition) is 1. The van der Waals surface area contributed by atoms with Crippen molar-refractivity contribution in [1.82, 2.24) is 4.98 Å². The molecule has 0 unspecified atom stereocenters. The van der Waals surface area contributed by atoms with Gasteiger partial charge in [-0.15, -0.1) is 0 Å². The highest BCUT2D eigenvalue weighted by Crippen LogP contribution is 2.37. The summed E-state index contributed by atoms with van der Waals surface area (Å²) >= 11 is 6.85. The number of ether oxygens (including phenoxy) is 1. The maximum absolute atomic E-state index is 14.6. The summed E-state index contributed by atoms with van der Waals surface area (Å²) in [5, 5.41) is 0.597. The van der Waals surface area contributed by atoms with Crippen molar-refractivity contribution in [2.24, 2.45) is 0 Å². The third-order valence-electron chi connectivity index (χ3n) is 3.39. The normalized spacial score (nSPS) is 11.0. The fourth-order valence-corrected chi connectivity index (χ4v) is 3.41. The van der Waals surface area contributed by atoms with Crippen LogP contribution in [-0.4, -0.2) is 17.6 Å². The van der Waals surface area contributed by atoms with Gasteiger partial charge in [0.25, 0.3) is 0 Å². The average Bonchev–Trinajstić information content (AvgIpc) is 2.97. The predicted molar refractivity (Wildman–Crippen MR) is 89.7 cm³/mol. The number of esters is 1. The third kappa shape index (κ3) is 2.99. The highest BCUT2D eigenvalue weighted by atomic mass is 35.5. The van der Waals surface area contributed by atoms with Crippen molar-refractivity contribution in [2.45, 2.75) is 16.7 Å². The van der Waals surface area contributed by atoms with E-state index in [1.54, 1.807) is 31.3 Å². The third-order valence-corrected chi connectivity index (χ3v) is 4.77. The van der Waals surface area contributed by atoms with Crippen LogP contribution in [0.15, 0.2) is 46.3 Å². The van der Waals surface area contributed by atoms with E-state index in [1.807, 2.05) is 0 Å². The zero-order chi connectivity index (χ0) is 17.3. The Hall–Kier alpha value is -2.05. The highest BCUT2D eigenvalue weighted by molar-refractivity contribution is 7.99. The molecule has 1 heterocycles. The van der Waals surface area contributed by atoms with E-state index in [0.717, 1.165) is 11.8 Å². The lowest BCUT2D eigenvalue weighted by Crippen LogP contribution is -2.07. The largest absolute Gasteiger partial charge is 0.462 e. The summed E-state index contributed by atoms with van der Waals surface area (Å²) in [7, 11) is 0. The molecule has 3 rings (SSSR count). The van der Waals surface area contributed by atoms with Gasteiger partial charge in [-0.3, -0.25) is 0 Å². The van der Waals surface area contributed by atoms with Gasteiger partial charge in [-0.2, -0.15) is 0 Å². The number of halogens is 3. The molecule has 0 amide bonds. The first-order valence-electron chi connectivity index (χ1n) is 7.11. The molecule has 0 radical (unpaired) electrons. The molecule has 1 aromatic heterocycles. The van der Waals surface area contributed by atoms with Crippen molar-refractivity contribution in [3.05, 3.63) is 58.7 Å². The van der Waals surface area contributed by atoms with E-state index in [1.165, 1.54) is 12.1 Å². The smallest absolute Gasteiger partial charge is 0.341 e. The molecule has 0 spiro atoms. The fraction of sp³-hybridized carbons (Fsp3) is 0.118. The molecule has 124 valence electrons. The van der Waals surface area contributed by atoms with E-state index in [4.69, 9.17) is 16.3 Å². The minimum Gasteiger partial charge on any atom is -0.462 e. The maximum atomic E-state index is 14.6. The number of benzene rings is 2. The lowest BCUT2D eigenvalue weighted by atomic mass is 10.2. The van der Waals surface area contributed by atoms with E-state index in [0.29, 0.717) is 10.3 Å². The molecule has 3 aromatic rings. The van der Waals surface area contributed by atoms with Crippen molar-refractivity contribution in [3.8, 4) is 0 Å². The standard InChI is InChI=1S/C17H12ClF2NO2S/c1-2-23-17(22)10-4-3-5-12(14(10)19)24-13-8-21-16-9(13)6-7-11(18)15(16)20/h3-8,21H,2H2,1H3. The highest BCUT2D eigenvalue weighted by Gasteiger charge is 2.18. The molecule has 7 heteroatoms. The van der Waals surface area contributed by atoms with Gasteiger partial charge in [0, 0.05) is 21.4 Å². The Bertz CT molecular complexity index is 926. The zero-order valence-corrected chi connectivity index (χ0v) is 14.1. The Labute approximate surface area is 146 Å². The second-order valence-electron chi connectivity index (χ2n) is 4.88. The summed E-state index contributed by atoms with van der Waals surface area (Å²) in [6.45, 7) is 1.82. The van der Waals surface area contributed by atoms with Gasteiger partial charge >= 0.3 is 5.97 Å². The van der Waals surface area contributed by atoms with Crippen molar-refractivity contribution in [2.75, 3.05) is 6.61 Å². The molecule has 0 aliphatic rings. The van der Waals surface area contributed by atoms with E-state index in [9.17, 15) is 13.6 Å². The van der Waals surface area contributed by atoms with Gasteiger partial charge in [-0.05, 0) is 31.2 Å². The monoisotopic (exact) mass is 367 g/mol. The molecule has 0 aliphatic carbocycles. The molecular weight excluding hydrogens is 356 g/mol. The number of carbonyl (C=O) groups excluding carboxylic acids is 1. The minimum atomic E-state index is -0.714. The molecule has 3 nitrogen and oxygen atoms in total. The summed E-state index contributed by atoms with van der Waals surface area (Å²) in [5.74, 6) is -1.93. The SMILES string of the molecule is CCOC(=O)c1cccc(Sc2c[nH]c3c(F)c(Cl)ccc23)c1F. The van der Waals surface area contributed by atoms with Gasteiger partial charge in [-0.25, -0.2) is 13.6 Å². The zero-order valence-electron chi connectivity index (χ0n) is 12.5. The minimum absolute atomic E-state index is 0.0105. The Kier molecular flexibility index (Phi) is 4.78. The predicted octanol–water partition coefficient (Wildman–Crippen LogP) is 5.43. The van der Waals surface area contributed by atoms with E-state index in [-0.39, 0.29) is 27.6 Å². The molecule has 0 aliphatic heterocycles. The maximum Gasteiger partial charge on any atom is 0.341 e. The Balaban J connectivity index is 1.99. The number of aromatic nitrogens is 1. The first-order valence-corrected chi connectivity index (χ1v) is 8.31. The van der Waals surface area contributed by atoms with Crippen molar-refractivity contribution >= 4 is 40.2 Å². The topological polar surface area (TPSA) is 42.1 Å². The van der Waals surface area contributed by atoms with Crippen LogP contribution in [0.3, 0.4) is 0 Å². The molecule has 0 saturated heterocycles. The van der Waals surface area contributed by atoms with Crippen molar-refractivity contribution in [1.29, 1.82) is 0 Å². The fourth-order valence-electron chi connectivity index (χ4n) is 2.27. The molecule has 1 N–H and O–H groups in total. The van der Waals surface area contributed by atoms with Crippen LogP contribution in [0.5, 0.6) is 0 Å². The van der Waals surface area contributed by atoms with Gasteiger partial charge in [-0.1, -0.05) is 29.4 Å². The second-order valence-corrected chi connectivity index (χ2v) is 6.37. The quantitative estimate of drug-likeness (QED) is 0.625. The first kappa shape index (κ1) is 16.8. The van der Waals surface area contributed by atoms with Gasteiger partial charge in [0.2, 0.25) is 0 Å². The second kappa shape index (κ2) is 6.83.